The molecular formula is C24H33IN4O2. The molecule has 1 fully saturated rings. The summed E-state index contributed by atoms with van der Waals surface area (Å²) in [6.45, 7) is 5.95. The van der Waals surface area contributed by atoms with E-state index in [1.54, 1.807) is 0 Å². The number of guanidine groups is 1. The molecule has 6 nitrogen and oxygen atoms in total. The van der Waals surface area contributed by atoms with Gasteiger partial charge in [-0.25, -0.2) is 0 Å². The van der Waals surface area contributed by atoms with Gasteiger partial charge in [-0.2, -0.15) is 0 Å². The summed E-state index contributed by atoms with van der Waals surface area (Å²) in [6.07, 6.45) is 1.97. The number of nitrogens with one attached hydrogen (secondary N) is 2. The predicted octanol–water partition coefficient (Wildman–Crippen LogP) is 3.02. The van der Waals surface area contributed by atoms with Gasteiger partial charge in [-0.05, 0) is 29.2 Å². The Bertz CT molecular complexity index is 841. The van der Waals surface area contributed by atoms with Crippen molar-refractivity contribution in [2.75, 3.05) is 53.0 Å². The minimum absolute atomic E-state index is 0. The second-order valence-corrected chi connectivity index (χ2v) is 7.75. The van der Waals surface area contributed by atoms with Gasteiger partial charge in [0.05, 0.1) is 25.9 Å². The van der Waals surface area contributed by atoms with Gasteiger partial charge in [-0.3, -0.25) is 9.89 Å². The number of halogens is 1. The molecule has 0 aromatic heterocycles. The smallest absolute Gasteiger partial charge is 0.191 e. The van der Waals surface area contributed by atoms with Gasteiger partial charge in [-0.1, -0.05) is 42.5 Å². The predicted molar refractivity (Wildman–Crippen MR) is 136 cm³/mol. The van der Waals surface area contributed by atoms with Crippen LogP contribution in [0.4, 0.5) is 0 Å². The SMILES string of the molecule is CN=C(NCCc1ccc2c(c1)CCO2)NCC(c1ccccc1)N1CCOCC1.I. The molecule has 2 aromatic carbocycles. The van der Waals surface area contributed by atoms with Gasteiger partial charge in [0, 0.05) is 39.6 Å². The van der Waals surface area contributed by atoms with Gasteiger partial charge in [0.2, 0.25) is 0 Å². The lowest BCUT2D eigenvalue weighted by Gasteiger charge is -2.35. The average molecular weight is 536 g/mol. The van der Waals surface area contributed by atoms with Crippen LogP contribution < -0.4 is 15.4 Å². The van der Waals surface area contributed by atoms with Crippen molar-refractivity contribution in [3.05, 3.63) is 65.2 Å². The van der Waals surface area contributed by atoms with Crippen molar-refractivity contribution in [1.29, 1.82) is 0 Å². The van der Waals surface area contributed by atoms with E-state index in [0.717, 1.165) is 70.6 Å². The Morgan fingerprint density at radius 2 is 1.87 bits per heavy atom. The van der Waals surface area contributed by atoms with Crippen LogP contribution >= 0.6 is 24.0 Å². The lowest BCUT2D eigenvalue weighted by Crippen LogP contribution is -2.46. The molecule has 0 bridgehead atoms. The molecule has 7 heteroatoms. The van der Waals surface area contributed by atoms with E-state index in [2.05, 4.69) is 69.1 Å². The number of rotatable bonds is 7. The van der Waals surface area contributed by atoms with Crippen molar-refractivity contribution in [3.63, 3.8) is 0 Å². The lowest BCUT2D eigenvalue weighted by molar-refractivity contribution is 0.0170. The average Bonchev–Trinajstić information content (AvgIpc) is 3.27. The number of aliphatic imine (C=N–C) groups is 1. The van der Waals surface area contributed by atoms with Gasteiger partial charge < -0.3 is 20.1 Å². The molecule has 0 aliphatic carbocycles. The third-order valence-electron chi connectivity index (χ3n) is 5.82. The quantitative estimate of drug-likeness (QED) is 0.324. The van der Waals surface area contributed by atoms with Crippen LogP contribution in [-0.2, 0) is 17.6 Å². The van der Waals surface area contributed by atoms with E-state index in [4.69, 9.17) is 9.47 Å². The molecule has 0 spiro atoms. The third-order valence-corrected chi connectivity index (χ3v) is 5.82. The van der Waals surface area contributed by atoms with Crippen LogP contribution in [0, 0.1) is 0 Å². The highest BCUT2D eigenvalue weighted by atomic mass is 127. The summed E-state index contributed by atoms with van der Waals surface area (Å²) >= 11 is 0. The number of morpholine rings is 1. The number of benzene rings is 2. The summed E-state index contributed by atoms with van der Waals surface area (Å²) in [5, 5.41) is 6.99. The zero-order valence-corrected chi connectivity index (χ0v) is 20.5. The first-order valence-electron chi connectivity index (χ1n) is 10.9. The summed E-state index contributed by atoms with van der Waals surface area (Å²) in [6, 6.07) is 17.5. The second-order valence-electron chi connectivity index (χ2n) is 7.75. The van der Waals surface area contributed by atoms with E-state index < -0.39 is 0 Å². The number of nitrogens with zero attached hydrogens (tertiary/aromatic N) is 2. The highest BCUT2D eigenvalue weighted by Crippen LogP contribution is 2.26. The fourth-order valence-electron chi connectivity index (χ4n) is 4.16. The third kappa shape index (κ3) is 6.57. The van der Waals surface area contributed by atoms with Crippen LogP contribution in [0.15, 0.2) is 53.5 Å². The molecule has 2 aliphatic heterocycles. The summed E-state index contributed by atoms with van der Waals surface area (Å²) in [5.74, 6) is 1.88. The molecule has 0 saturated carbocycles. The number of ether oxygens (including phenoxy) is 2. The Hall–Kier alpha value is -1.84. The van der Waals surface area contributed by atoms with Crippen LogP contribution in [0.5, 0.6) is 5.75 Å². The van der Waals surface area contributed by atoms with Gasteiger partial charge >= 0.3 is 0 Å². The van der Waals surface area contributed by atoms with Gasteiger partial charge in [0.1, 0.15) is 5.75 Å². The maximum Gasteiger partial charge on any atom is 0.191 e. The fraction of sp³-hybridized carbons (Fsp3) is 0.458. The van der Waals surface area contributed by atoms with Crippen LogP contribution in [0.25, 0.3) is 0 Å². The van der Waals surface area contributed by atoms with E-state index in [-0.39, 0.29) is 24.0 Å². The van der Waals surface area contributed by atoms with Crippen LogP contribution in [-0.4, -0.2) is 63.9 Å². The number of hydrogen-bond acceptors (Lipinski definition) is 4. The second kappa shape index (κ2) is 12.3. The first-order valence-corrected chi connectivity index (χ1v) is 10.9. The van der Waals surface area contributed by atoms with E-state index in [1.807, 2.05) is 7.05 Å². The molecule has 1 saturated heterocycles. The molecule has 0 radical (unpaired) electrons. The Kier molecular flexibility index (Phi) is 9.42. The summed E-state index contributed by atoms with van der Waals surface area (Å²) in [5.41, 5.74) is 3.98. The zero-order valence-electron chi connectivity index (χ0n) is 18.2. The van der Waals surface area contributed by atoms with Gasteiger partial charge in [0.25, 0.3) is 0 Å². The molecule has 168 valence electrons. The molecular weight excluding hydrogens is 503 g/mol. The van der Waals surface area contributed by atoms with E-state index in [9.17, 15) is 0 Å². The summed E-state index contributed by atoms with van der Waals surface area (Å²) in [4.78, 5) is 6.91. The molecule has 2 aromatic rings. The van der Waals surface area contributed by atoms with Crippen molar-refractivity contribution >= 4 is 29.9 Å². The molecule has 4 rings (SSSR count). The monoisotopic (exact) mass is 536 g/mol. The highest BCUT2D eigenvalue weighted by molar-refractivity contribution is 14.0. The minimum Gasteiger partial charge on any atom is -0.493 e. The van der Waals surface area contributed by atoms with Gasteiger partial charge in [-0.15, -0.1) is 24.0 Å². The lowest BCUT2D eigenvalue weighted by atomic mass is 10.0. The van der Waals surface area contributed by atoms with E-state index in [1.165, 1.54) is 16.7 Å². The summed E-state index contributed by atoms with van der Waals surface area (Å²) in [7, 11) is 1.83. The molecule has 31 heavy (non-hydrogen) atoms. The van der Waals surface area contributed by atoms with E-state index in [0.29, 0.717) is 6.04 Å². The van der Waals surface area contributed by atoms with Crippen molar-refractivity contribution < 1.29 is 9.47 Å². The van der Waals surface area contributed by atoms with E-state index >= 15 is 0 Å². The zero-order chi connectivity index (χ0) is 20.6. The standard InChI is InChI=1S/C24H32N4O2.HI/c1-25-24(26-11-9-19-7-8-23-21(17-19)10-14-30-23)27-18-22(20-5-3-2-4-6-20)28-12-15-29-16-13-28;/h2-8,17,22H,9-16,18H2,1H3,(H2,25,26,27);1H. The fourth-order valence-corrected chi connectivity index (χ4v) is 4.16. The van der Waals surface area contributed by atoms with Crippen molar-refractivity contribution in [2.24, 2.45) is 4.99 Å². The molecule has 2 N–H and O–H groups in total. The molecule has 0 amide bonds. The topological polar surface area (TPSA) is 58.1 Å². The first-order chi connectivity index (χ1) is 14.8. The Balaban J connectivity index is 0.00000272. The normalized spacial score (nSPS) is 17.3. The molecule has 2 heterocycles. The largest absolute Gasteiger partial charge is 0.493 e. The Morgan fingerprint density at radius 1 is 1.06 bits per heavy atom. The molecule has 1 atom stereocenters. The van der Waals surface area contributed by atoms with Crippen LogP contribution in [0.3, 0.4) is 0 Å². The van der Waals surface area contributed by atoms with Crippen molar-refractivity contribution in [2.45, 2.75) is 18.9 Å². The molecule has 2 aliphatic rings. The van der Waals surface area contributed by atoms with Crippen LogP contribution in [0.2, 0.25) is 0 Å². The minimum atomic E-state index is 0. The maximum absolute atomic E-state index is 5.60. The molecule has 1 unspecified atom stereocenters. The highest BCUT2D eigenvalue weighted by Gasteiger charge is 2.22. The first kappa shape index (κ1) is 23.8. The number of fused-ring (bicyclic) bond motifs is 1. The van der Waals surface area contributed by atoms with Crippen molar-refractivity contribution in [1.82, 2.24) is 15.5 Å². The summed E-state index contributed by atoms with van der Waals surface area (Å²) < 4.78 is 11.1. The maximum atomic E-state index is 5.60. The van der Waals surface area contributed by atoms with Crippen LogP contribution in [0.1, 0.15) is 22.7 Å². The van der Waals surface area contributed by atoms with Gasteiger partial charge in [0.15, 0.2) is 5.96 Å². The Morgan fingerprint density at radius 3 is 2.65 bits per heavy atom. The Labute approximate surface area is 202 Å². The number of hydrogen-bond donors (Lipinski definition) is 2. The van der Waals surface area contributed by atoms with Crippen molar-refractivity contribution in [3.8, 4) is 5.75 Å².